The maximum absolute atomic E-state index is 13.4. The molecule has 2 nitrogen and oxygen atoms in total. The number of halogens is 2. The van der Waals surface area contributed by atoms with Gasteiger partial charge in [0.1, 0.15) is 5.82 Å². The topological polar surface area (TPSA) is 20.3 Å². The van der Waals surface area contributed by atoms with Gasteiger partial charge >= 0.3 is 0 Å². The quantitative estimate of drug-likeness (QED) is 0.743. The predicted molar refractivity (Wildman–Crippen MR) is 81.6 cm³/mol. The fourth-order valence-corrected chi connectivity index (χ4v) is 3.98. The third-order valence-corrected chi connectivity index (χ3v) is 5.38. The lowest BCUT2D eigenvalue weighted by atomic mass is 10.0. The smallest absolute Gasteiger partial charge is 0.255 e. The number of nitrogens with zero attached hydrogens (tertiary/aromatic N) is 1. The molecule has 1 unspecified atom stereocenters. The molecule has 1 atom stereocenters. The molecule has 0 aliphatic carbocycles. The van der Waals surface area contributed by atoms with E-state index in [1.165, 1.54) is 22.6 Å². The SMILES string of the molecule is CC1c2ccsc2CCN1C(=O)c1cc(F)ccc1Br. The minimum atomic E-state index is -0.391. The highest BCUT2D eigenvalue weighted by Gasteiger charge is 2.29. The summed E-state index contributed by atoms with van der Waals surface area (Å²) in [4.78, 5) is 15.8. The van der Waals surface area contributed by atoms with Crippen molar-refractivity contribution >= 4 is 33.2 Å². The number of hydrogen-bond acceptors (Lipinski definition) is 2. The van der Waals surface area contributed by atoms with Gasteiger partial charge in [0.2, 0.25) is 0 Å². The Hall–Kier alpha value is -1.20. The van der Waals surface area contributed by atoms with Gasteiger partial charge in [0.25, 0.3) is 5.91 Å². The first-order valence-corrected chi connectivity index (χ1v) is 8.07. The summed E-state index contributed by atoms with van der Waals surface area (Å²) in [5.41, 5.74) is 1.60. The largest absolute Gasteiger partial charge is 0.331 e. The van der Waals surface area contributed by atoms with E-state index in [1.54, 1.807) is 17.4 Å². The van der Waals surface area contributed by atoms with Crippen molar-refractivity contribution in [3.8, 4) is 0 Å². The van der Waals surface area contributed by atoms with Crippen LogP contribution in [0.25, 0.3) is 0 Å². The van der Waals surface area contributed by atoms with Gasteiger partial charge in [-0.05, 0) is 64.5 Å². The third-order valence-electron chi connectivity index (χ3n) is 3.70. The van der Waals surface area contributed by atoms with Gasteiger partial charge in [0, 0.05) is 15.9 Å². The van der Waals surface area contributed by atoms with Crippen molar-refractivity contribution in [2.24, 2.45) is 0 Å². The van der Waals surface area contributed by atoms with E-state index in [0.29, 0.717) is 16.6 Å². The summed E-state index contributed by atoms with van der Waals surface area (Å²) in [6.07, 6.45) is 0.871. The number of hydrogen-bond donors (Lipinski definition) is 0. The van der Waals surface area contributed by atoms with Crippen LogP contribution in [0.4, 0.5) is 4.39 Å². The zero-order valence-corrected chi connectivity index (χ0v) is 13.3. The zero-order chi connectivity index (χ0) is 14.3. The number of carbonyl (C=O) groups is 1. The molecule has 0 radical (unpaired) electrons. The van der Waals surface area contributed by atoms with E-state index in [2.05, 4.69) is 27.4 Å². The first kappa shape index (κ1) is 13.8. The summed E-state index contributed by atoms with van der Waals surface area (Å²) in [5, 5.41) is 2.06. The fraction of sp³-hybridized carbons (Fsp3) is 0.267. The molecule has 0 fully saturated rings. The van der Waals surface area contributed by atoms with Crippen LogP contribution < -0.4 is 0 Å². The van der Waals surface area contributed by atoms with Crippen LogP contribution >= 0.6 is 27.3 Å². The molecule has 3 rings (SSSR count). The van der Waals surface area contributed by atoms with Crippen LogP contribution in [0.5, 0.6) is 0 Å². The summed E-state index contributed by atoms with van der Waals surface area (Å²) in [6, 6.07) is 6.32. The first-order chi connectivity index (χ1) is 9.58. The summed E-state index contributed by atoms with van der Waals surface area (Å²) in [6.45, 7) is 2.70. The second-order valence-electron chi connectivity index (χ2n) is 4.85. The van der Waals surface area contributed by atoms with Gasteiger partial charge in [0.05, 0.1) is 11.6 Å². The van der Waals surface area contributed by atoms with E-state index >= 15 is 0 Å². The molecule has 1 aliphatic rings. The minimum Gasteiger partial charge on any atom is -0.331 e. The van der Waals surface area contributed by atoms with E-state index in [1.807, 2.05) is 11.8 Å². The van der Waals surface area contributed by atoms with Gasteiger partial charge in [-0.3, -0.25) is 4.79 Å². The van der Waals surface area contributed by atoms with E-state index in [0.717, 1.165) is 6.42 Å². The Morgan fingerprint density at radius 1 is 1.45 bits per heavy atom. The molecule has 0 N–H and O–H groups in total. The highest BCUT2D eigenvalue weighted by atomic mass is 79.9. The van der Waals surface area contributed by atoms with Gasteiger partial charge < -0.3 is 4.90 Å². The van der Waals surface area contributed by atoms with E-state index in [4.69, 9.17) is 0 Å². The monoisotopic (exact) mass is 353 g/mol. The van der Waals surface area contributed by atoms with Gasteiger partial charge in [-0.15, -0.1) is 11.3 Å². The molecule has 0 saturated carbocycles. The van der Waals surface area contributed by atoms with Crippen LogP contribution in [-0.2, 0) is 6.42 Å². The van der Waals surface area contributed by atoms with Crippen molar-refractivity contribution in [1.29, 1.82) is 0 Å². The van der Waals surface area contributed by atoms with E-state index < -0.39 is 5.82 Å². The molecule has 1 amide bonds. The lowest BCUT2D eigenvalue weighted by molar-refractivity contribution is 0.0678. The van der Waals surface area contributed by atoms with Crippen molar-refractivity contribution in [3.63, 3.8) is 0 Å². The first-order valence-electron chi connectivity index (χ1n) is 6.40. The second-order valence-corrected chi connectivity index (χ2v) is 6.70. The van der Waals surface area contributed by atoms with Gasteiger partial charge in [-0.25, -0.2) is 4.39 Å². The normalized spacial score (nSPS) is 17.9. The maximum atomic E-state index is 13.4. The Bertz CT molecular complexity index is 670. The Kier molecular flexibility index (Phi) is 3.65. The van der Waals surface area contributed by atoms with Crippen molar-refractivity contribution in [1.82, 2.24) is 4.90 Å². The minimum absolute atomic E-state index is 0.0349. The number of benzene rings is 1. The third kappa shape index (κ3) is 2.29. The second kappa shape index (κ2) is 5.30. The van der Waals surface area contributed by atoms with Crippen molar-refractivity contribution in [2.45, 2.75) is 19.4 Å². The van der Waals surface area contributed by atoms with Gasteiger partial charge in [-0.1, -0.05) is 0 Å². The Balaban J connectivity index is 1.94. The maximum Gasteiger partial charge on any atom is 0.255 e. The van der Waals surface area contributed by atoms with Crippen molar-refractivity contribution < 1.29 is 9.18 Å². The summed E-state index contributed by atoms with van der Waals surface area (Å²) < 4.78 is 14.0. The van der Waals surface area contributed by atoms with Crippen LogP contribution in [0.15, 0.2) is 34.1 Å². The number of fused-ring (bicyclic) bond motifs is 1. The molecule has 2 aromatic rings. The summed E-state index contributed by atoms with van der Waals surface area (Å²) >= 11 is 5.07. The van der Waals surface area contributed by atoms with E-state index in [-0.39, 0.29) is 11.9 Å². The standard InChI is InChI=1S/C15H13BrFNOS/c1-9-11-5-7-20-14(11)4-6-18(9)15(19)12-8-10(17)2-3-13(12)16/h2-3,5,7-9H,4,6H2,1H3. The molecule has 104 valence electrons. The van der Waals surface area contributed by atoms with Gasteiger partial charge in [0.15, 0.2) is 0 Å². The van der Waals surface area contributed by atoms with Gasteiger partial charge in [-0.2, -0.15) is 0 Å². The van der Waals surface area contributed by atoms with E-state index in [9.17, 15) is 9.18 Å². The molecule has 0 saturated heterocycles. The van der Waals surface area contributed by atoms with Crippen LogP contribution in [0, 0.1) is 5.82 Å². The number of thiophene rings is 1. The molecule has 0 spiro atoms. The highest BCUT2D eigenvalue weighted by Crippen LogP contribution is 2.34. The predicted octanol–water partition coefficient (Wildman–Crippen LogP) is 4.41. The molecule has 2 heterocycles. The number of rotatable bonds is 1. The Labute approximate surface area is 129 Å². The lowest BCUT2D eigenvalue weighted by Gasteiger charge is -2.34. The summed E-state index contributed by atoms with van der Waals surface area (Å²) in [7, 11) is 0. The molecule has 0 bridgehead atoms. The summed E-state index contributed by atoms with van der Waals surface area (Å²) in [5.74, 6) is -0.516. The average Bonchev–Trinajstić information content (AvgIpc) is 2.90. The molecular formula is C15H13BrFNOS. The fourth-order valence-electron chi connectivity index (χ4n) is 2.60. The Morgan fingerprint density at radius 3 is 3.05 bits per heavy atom. The molecule has 1 aromatic carbocycles. The van der Waals surface area contributed by atoms with Crippen LogP contribution in [-0.4, -0.2) is 17.4 Å². The van der Waals surface area contributed by atoms with Crippen LogP contribution in [0.1, 0.15) is 33.8 Å². The molecule has 1 aromatic heterocycles. The highest BCUT2D eigenvalue weighted by molar-refractivity contribution is 9.10. The number of carbonyl (C=O) groups excluding carboxylic acids is 1. The lowest BCUT2D eigenvalue weighted by Crippen LogP contribution is -2.38. The zero-order valence-electron chi connectivity index (χ0n) is 10.9. The molecule has 5 heteroatoms. The average molecular weight is 354 g/mol. The molecule has 20 heavy (non-hydrogen) atoms. The molecule has 1 aliphatic heterocycles. The number of amides is 1. The van der Waals surface area contributed by atoms with Crippen LogP contribution in [0.2, 0.25) is 0 Å². The molecular weight excluding hydrogens is 341 g/mol. The van der Waals surface area contributed by atoms with Crippen molar-refractivity contribution in [3.05, 3.63) is 55.9 Å². The Morgan fingerprint density at radius 2 is 2.25 bits per heavy atom. The van der Waals surface area contributed by atoms with Crippen LogP contribution in [0.3, 0.4) is 0 Å². The van der Waals surface area contributed by atoms with Crippen molar-refractivity contribution in [2.75, 3.05) is 6.54 Å².